The summed E-state index contributed by atoms with van der Waals surface area (Å²) in [6.45, 7) is 5.63. The quantitative estimate of drug-likeness (QED) is 0.773. The van der Waals surface area contributed by atoms with E-state index < -0.39 is 0 Å². The van der Waals surface area contributed by atoms with E-state index in [0.717, 1.165) is 30.3 Å². The van der Waals surface area contributed by atoms with Crippen molar-refractivity contribution in [2.24, 2.45) is 0 Å². The van der Waals surface area contributed by atoms with E-state index in [4.69, 9.17) is 0 Å². The van der Waals surface area contributed by atoms with Crippen molar-refractivity contribution in [1.29, 1.82) is 0 Å². The minimum atomic E-state index is 0.153. The Kier molecular flexibility index (Phi) is 3.17. The second-order valence-electron chi connectivity index (χ2n) is 4.35. The van der Waals surface area contributed by atoms with Gasteiger partial charge in [0.25, 0.3) is 0 Å². The van der Waals surface area contributed by atoms with E-state index in [1.807, 2.05) is 6.92 Å². The van der Waals surface area contributed by atoms with Crippen LogP contribution in [0.3, 0.4) is 0 Å². The molecule has 1 aromatic heterocycles. The zero-order chi connectivity index (χ0) is 11.5. The third kappa shape index (κ3) is 2.38. The number of carbonyl (C=O) groups is 1. The molecule has 1 saturated heterocycles. The monoisotopic (exact) mass is 219 g/mol. The van der Waals surface area contributed by atoms with Gasteiger partial charge in [0.1, 0.15) is 5.78 Å². The summed E-state index contributed by atoms with van der Waals surface area (Å²) < 4.78 is 0. The molecule has 0 N–H and O–H groups in total. The number of aryl methyl sites for hydroxylation is 1. The highest BCUT2D eigenvalue weighted by Crippen LogP contribution is 2.17. The van der Waals surface area contributed by atoms with Crippen LogP contribution in [0, 0.1) is 6.92 Å². The first-order chi connectivity index (χ1) is 7.66. The van der Waals surface area contributed by atoms with Crippen LogP contribution in [0.4, 0.5) is 5.95 Å². The second kappa shape index (κ2) is 4.60. The van der Waals surface area contributed by atoms with Crippen molar-refractivity contribution in [3.8, 4) is 0 Å². The highest BCUT2D eigenvalue weighted by molar-refractivity contribution is 5.78. The predicted octanol–water partition coefficient (Wildman–Crippen LogP) is 1.52. The van der Waals surface area contributed by atoms with E-state index in [-0.39, 0.29) is 5.78 Å². The molecule has 0 amide bonds. The van der Waals surface area contributed by atoms with Gasteiger partial charge in [-0.1, -0.05) is 0 Å². The molecule has 0 unspecified atom stereocenters. The fraction of sp³-hybridized carbons (Fsp3) is 0.583. The van der Waals surface area contributed by atoms with Gasteiger partial charge in [-0.3, -0.25) is 4.79 Å². The van der Waals surface area contributed by atoms with E-state index in [1.54, 1.807) is 13.1 Å². The maximum atomic E-state index is 11.0. The number of rotatable bonds is 3. The molecular formula is C12H17N3O. The van der Waals surface area contributed by atoms with Gasteiger partial charge in [-0.15, -0.1) is 0 Å². The van der Waals surface area contributed by atoms with Gasteiger partial charge in [0.15, 0.2) is 0 Å². The van der Waals surface area contributed by atoms with Gasteiger partial charge in [-0.05, 0) is 32.3 Å². The van der Waals surface area contributed by atoms with Crippen molar-refractivity contribution in [2.45, 2.75) is 33.1 Å². The van der Waals surface area contributed by atoms with Crippen molar-refractivity contribution in [3.63, 3.8) is 0 Å². The molecule has 2 rings (SSSR count). The van der Waals surface area contributed by atoms with Gasteiger partial charge in [0.2, 0.25) is 5.95 Å². The number of nitrogens with zero attached hydrogens (tertiary/aromatic N) is 3. The summed E-state index contributed by atoms with van der Waals surface area (Å²) in [6.07, 6.45) is 4.67. The van der Waals surface area contributed by atoms with E-state index >= 15 is 0 Å². The van der Waals surface area contributed by atoms with Gasteiger partial charge in [-0.25, -0.2) is 9.97 Å². The van der Waals surface area contributed by atoms with E-state index in [9.17, 15) is 4.79 Å². The van der Waals surface area contributed by atoms with Crippen molar-refractivity contribution in [2.75, 3.05) is 18.0 Å². The van der Waals surface area contributed by atoms with E-state index in [0.29, 0.717) is 6.42 Å². The number of Topliss-reactive ketones (excluding diaryl/α,β-unsaturated/α-hetero) is 1. The zero-order valence-electron chi connectivity index (χ0n) is 9.86. The van der Waals surface area contributed by atoms with Gasteiger partial charge >= 0.3 is 0 Å². The molecule has 0 aromatic carbocycles. The number of hydrogen-bond acceptors (Lipinski definition) is 4. The maximum absolute atomic E-state index is 11.0. The van der Waals surface area contributed by atoms with Crippen LogP contribution in [0.2, 0.25) is 0 Å². The topological polar surface area (TPSA) is 46.1 Å². The Balaban J connectivity index is 2.18. The lowest BCUT2D eigenvalue weighted by atomic mass is 10.1. The molecule has 4 heteroatoms. The SMILES string of the molecule is CC(=O)Cc1cnc(N2CCCC2)nc1C. The predicted molar refractivity (Wildman–Crippen MR) is 62.6 cm³/mol. The number of ketones is 1. The molecule has 86 valence electrons. The van der Waals surface area contributed by atoms with Crippen molar-refractivity contribution in [3.05, 3.63) is 17.5 Å². The van der Waals surface area contributed by atoms with Crippen molar-refractivity contribution >= 4 is 11.7 Å². The standard InChI is InChI=1S/C12H17N3O/c1-9(16)7-11-8-13-12(14-10(11)2)15-5-3-4-6-15/h8H,3-7H2,1-2H3. The fourth-order valence-electron chi connectivity index (χ4n) is 1.99. The molecule has 0 atom stereocenters. The van der Waals surface area contributed by atoms with Gasteiger partial charge in [0, 0.05) is 31.4 Å². The minimum Gasteiger partial charge on any atom is -0.341 e. The minimum absolute atomic E-state index is 0.153. The van der Waals surface area contributed by atoms with Crippen molar-refractivity contribution in [1.82, 2.24) is 9.97 Å². The normalized spacial score (nSPS) is 15.5. The molecule has 0 spiro atoms. The Morgan fingerprint density at radius 3 is 2.69 bits per heavy atom. The molecule has 4 nitrogen and oxygen atoms in total. The molecule has 1 fully saturated rings. The Morgan fingerprint density at radius 1 is 1.44 bits per heavy atom. The summed E-state index contributed by atoms with van der Waals surface area (Å²) in [4.78, 5) is 22.0. The Bertz CT molecular complexity index is 397. The van der Waals surface area contributed by atoms with Crippen LogP contribution in [0.1, 0.15) is 31.0 Å². The number of carbonyl (C=O) groups excluding carboxylic acids is 1. The molecule has 0 bridgehead atoms. The first-order valence-corrected chi connectivity index (χ1v) is 5.73. The molecule has 0 radical (unpaired) electrons. The summed E-state index contributed by atoms with van der Waals surface area (Å²) in [7, 11) is 0. The van der Waals surface area contributed by atoms with Crippen LogP contribution in [0.5, 0.6) is 0 Å². The summed E-state index contributed by atoms with van der Waals surface area (Å²) >= 11 is 0. The Hall–Kier alpha value is -1.45. The van der Waals surface area contributed by atoms with Crippen LogP contribution in [-0.2, 0) is 11.2 Å². The zero-order valence-corrected chi connectivity index (χ0v) is 9.86. The first-order valence-electron chi connectivity index (χ1n) is 5.73. The van der Waals surface area contributed by atoms with E-state index in [1.165, 1.54) is 12.8 Å². The van der Waals surface area contributed by atoms with Gasteiger partial charge < -0.3 is 4.90 Å². The smallest absolute Gasteiger partial charge is 0.225 e. The molecule has 1 aliphatic heterocycles. The third-order valence-corrected chi connectivity index (χ3v) is 2.90. The number of hydrogen-bond donors (Lipinski definition) is 0. The fourth-order valence-corrected chi connectivity index (χ4v) is 1.99. The molecule has 1 aromatic rings. The Morgan fingerprint density at radius 2 is 2.12 bits per heavy atom. The first kappa shape index (κ1) is 11.0. The maximum Gasteiger partial charge on any atom is 0.225 e. The molecule has 16 heavy (non-hydrogen) atoms. The number of aromatic nitrogens is 2. The second-order valence-corrected chi connectivity index (χ2v) is 4.35. The summed E-state index contributed by atoms with van der Waals surface area (Å²) in [5, 5.41) is 0. The van der Waals surface area contributed by atoms with Crippen molar-refractivity contribution < 1.29 is 4.79 Å². The largest absolute Gasteiger partial charge is 0.341 e. The summed E-state index contributed by atoms with van der Waals surface area (Å²) in [5.41, 5.74) is 1.86. The Labute approximate surface area is 95.7 Å². The average molecular weight is 219 g/mol. The lowest BCUT2D eigenvalue weighted by Gasteiger charge is -2.15. The molecule has 2 heterocycles. The highest BCUT2D eigenvalue weighted by Gasteiger charge is 2.15. The number of anilines is 1. The molecule has 1 aliphatic rings. The summed E-state index contributed by atoms with van der Waals surface area (Å²) in [6, 6.07) is 0. The average Bonchev–Trinajstić information content (AvgIpc) is 2.73. The molecule has 0 saturated carbocycles. The lowest BCUT2D eigenvalue weighted by molar-refractivity contribution is -0.116. The van der Waals surface area contributed by atoms with Crippen LogP contribution in [0.25, 0.3) is 0 Å². The third-order valence-electron chi connectivity index (χ3n) is 2.90. The van der Waals surface area contributed by atoms with Gasteiger partial charge in [0.05, 0.1) is 0 Å². The highest BCUT2D eigenvalue weighted by atomic mass is 16.1. The van der Waals surface area contributed by atoms with E-state index in [2.05, 4.69) is 14.9 Å². The van der Waals surface area contributed by atoms with Crippen LogP contribution < -0.4 is 4.90 Å². The molecule has 0 aliphatic carbocycles. The van der Waals surface area contributed by atoms with Crippen LogP contribution >= 0.6 is 0 Å². The van der Waals surface area contributed by atoms with Gasteiger partial charge in [-0.2, -0.15) is 0 Å². The molecular weight excluding hydrogens is 202 g/mol. The lowest BCUT2D eigenvalue weighted by Crippen LogP contribution is -2.21. The van der Waals surface area contributed by atoms with Crippen LogP contribution in [0.15, 0.2) is 6.20 Å². The summed E-state index contributed by atoms with van der Waals surface area (Å²) in [5.74, 6) is 0.961. The van der Waals surface area contributed by atoms with Crippen LogP contribution in [-0.4, -0.2) is 28.8 Å².